The Kier molecular flexibility index (Phi) is 4.78. The molecule has 0 unspecified atom stereocenters. The van der Waals surface area contributed by atoms with E-state index in [2.05, 4.69) is 5.32 Å². The first-order valence-electron chi connectivity index (χ1n) is 4.52. The molecule has 0 fully saturated rings. The quantitative estimate of drug-likeness (QED) is 0.485. The molecule has 0 aliphatic heterocycles. The molecule has 0 spiro atoms. The highest BCUT2D eigenvalue weighted by Gasteiger charge is 2.04. The van der Waals surface area contributed by atoms with Crippen LogP contribution >= 0.6 is 23.4 Å². The van der Waals surface area contributed by atoms with Crippen molar-refractivity contribution in [2.75, 3.05) is 18.0 Å². The zero-order valence-electron chi connectivity index (χ0n) is 8.42. The van der Waals surface area contributed by atoms with Crippen LogP contribution in [0.4, 0.5) is 5.69 Å². The molecule has 0 aliphatic carbocycles. The number of carbonyl (C=O) groups excluding carboxylic acids is 1. The Morgan fingerprint density at radius 1 is 1.60 bits per heavy atom. The van der Waals surface area contributed by atoms with Gasteiger partial charge in [-0.3, -0.25) is 4.79 Å². The van der Waals surface area contributed by atoms with Gasteiger partial charge in [0.2, 0.25) is 5.91 Å². The minimum atomic E-state index is -0.0252. The lowest BCUT2D eigenvalue weighted by Gasteiger charge is -2.07. The summed E-state index contributed by atoms with van der Waals surface area (Å²) >= 11 is 7.53. The molecule has 0 atom stereocenters. The smallest absolute Gasteiger partial charge is 0.216 e. The fourth-order valence-electron chi connectivity index (χ4n) is 1.06. The van der Waals surface area contributed by atoms with E-state index in [0.29, 0.717) is 17.3 Å². The normalized spacial score (nSPS) is 10.0. The number of thioether (sulfide) groups is 1. The Morgan fingerprint density at radius 2 is 2.33 bits per heavy atom. The molecule has 0 radical (unpaired) electrons. The minimum Gasteiger partial charge on any atom is -0.398 e. The van der Waals surface area contributed by atoms with Gasteiger partial charge in [0, 0.05) is 29.8 Å². The average molecular weight is 245 g/mol. The molecule has 3 N–H and O–H groups in total. The number of benzene rings is 1. The number of nitrogen functional groups attached to an aromatic ring is 1. The van der Waals surface area contributed by atoms with Crippen molar-refractivity contribution in [2.45, 2.75) is 11.8 Å². The van der Waals surface area contributed by atoms with Gasteiger partial charge in [0.1, 0.15) is 0 Å². The molecular weight excluding hydrogens is 232 g/mol. The van der Waals surface area contributed by atoms with E-state index in [1.807, 2.05) is 12.1 Å². The van der Waals surface area contributed by atoms with E-state index in [-0.39, 0.29) is 5.91 Å². The van der Waals surface area contributed by atoms with Crippen LogP contribution in [0.3, 0.4) is 0 Å². The summed E-state index contributed by atoms with van der Waals surface area (Å²) in [5.74, 6) is 0.732. The second kappa shape index (κ2) is 5.88. The van der Waals surface area contributed by atoms with Gasteiger partial charge in [0.15, 0.2) is 0 Å². The van der Waals surface area contributed by atoms with E-state index >= 15 is 0 Å². The van der Waals surface area contributed by atoms with Crippen LogP contribution in [0.2, 0.25) is 5.02 Å². The molecule has 3 nitrogen and oxygen atoms in total. The second-order valence-corrected chi connectivity index (χ2v) is 4.50. The van der Waals surface area contributed by atoms with E-state index in [9.17, 15) is 4.79 Å². The molecule has 1 aromatic rings. The third-order valence-electron chi connectivity index (χ3n) is 1.72. The topological polar surface area (TPSA) is 55.1 Å². The molecule has 0 saturated heterocycles. The van der Waals surface area contributed by atoms with Gasteiger partial charge in [-0.2, -0.15) is 0 Å². The molecule has 1 aromatic carbocycles. The lowest BCUT2D eigenvalue weighted by molar-refractivity contribution is -0.118. The van der Waals surface area contributed by atoms with Crippen molar-refractivity contribution in [1.29, 1.82) is 0 Å². The summed E-state index contributed by atoms with van der Waals surface area (Å²) in [5.41, 5.74) is 6.45. The van der Waals surface area contributed by atoms with Gasteiger partial charge in [-0.15, -0.1) is 11.8 Å². The van der Waals surface area contributed by atoms with Crippen LogP contribution in [0.25, 0.3) is 0 Å². The van der Waals surface area contributed by atoms with Crippen molar-refractivity contribution in [3.63, 3.8) is 0 Å². The molecule has 0 heterocycles. The van der Waals surface area contributed by atoms with Crippen molar-refractivity contribution in [2.24, 2.45) is 0 Å². The summed E-state index contributed by atoms with van der Waals surface area (Å²) in [4.78, 5) is 11.5. The van der Waals surface area contributed by atoms with Crippen molar-refractivity contribution in [3.8, 4) is 0 Å². The van der Waals surface area contributed by atoms with Crippen LogP contribution in [0.5, 0.6) is 0 Å². The van der Waals surface area contributed by atoms with Crippen molar-refractivity contribution < 1.29 is 4.79 Å². The van der Waals surface area contributed by atoms with Crippen molar-refractivity contribution in [3.05, 3.63) is 23.2 Å². The van der Waals surface area contributed by atoms with Crippen LogP contribution in [0.15, 0.2) is 23.1 Å². The van der Waals surface area contributed by atoms with Gasteiger partial charge in [0.25, 0.3) is 0 Å². The van der Waals surface area contributed by atoms with Crippen LogP contribution in [0, 0.1) is 0 Å². The van der Waals surface area contributed by atoms with Gasteiger partial charge < -0.3 is 11.1 Å². The number of nitrogens with one attached hydrogen (secondary N) is 1. The molecular formula is C10H13ClN2OS. The number of rotatable bonds is 4. The molecule has 82 valence electrons. The lowest BCUT2D eigenvalue weighted by Crippen LogP contribution is -2.22. The number of hydrogen-bond donors (Lipinski definition) is 2. The maximum atomic E-state index is 10.6. The third-order valence-corrected chi connectivity index (χ3v) is 3.30. The summed E-state index contributed by atoms with van der Waals surface area (Å²) in [6.07, 6.45) is 0. The van der Waals surface area contributed by atoms with Gasteiger partial charge in [-0.1, -0.05) is 17.7 Å². The SMILES string of the molecule is CC(=O)NCCSc1c(N)cccc1Cl. The van der Waals surface area contributed by atoms with Crippen LogP contribution in [-0.4, -0.2) is 18.2 Å². The number of amides is 1. The summed E-state index contributed by atoms with van der Waals surface area (Å²) < 4.78 is 0. The molecule has 0 bridgehead atoms. The lowest BCUT2D eigenvalue weighted by atomic mass is 10.3. The number of anilines is 1. The highest BCUT2D eigenvalue weighted by atomic mass is 35.5. The Balaban J connectivity index is 2.47. The Labute approximate surface area is 98.4 Å². The summed E-state index contributed by atoms with van der Waals surface area (Å²) in [6, 6.07) is 5.43. The van der Waals surface area contributed by atoms with Crippen LogP contribution in [0.1, 0.15) is 6.92 Å². The monoisotopic (exact) mass is 244 g/mol. The van der Waals surface area contributed by atoms with E-state index in [0.717, 1.165) is 10.6 Å². The highest BCUT2D eigenvalue weighted by molar-refractivity contribution is 7.99. The Morgan fingerprint density at radius 3 is 2.93 bits per heavy atom. The second-order valence-electron chi connectivity index (χ2n) is 2.99. The molecule has 0 aliphatic rings. The maximum Gasteiger partial charge on any atom is 0.216 e. The molecule has 5 heteroatoms. The number of hydrogen-bond acceptors (Lipinski definition) is 3. The summed E-state index contributed by atoms with van der Waals surface area (Å²) in [5, 5.41) is 3.37. The third kappa shape index (κ3) is 4.01. The zero-order chi connectivity index (χ0) is 11.3. The standard InChI is InChI=1S/C10H13ClN2OS/c1-7(14)13-5-6-15-10-8(11)3-2-4-9(10)12/h2-4H,5-6,12H2,1H3,(H,13,14). The van der Waals surface area contributed by atoms with Gasteiger partial charge >= 0.3 is 0 Å². The van der Waals surface area contributed by atoms with E-state index in [1.165, 1.54) is 6.92 Å². The van der Waals surface area contributed by atoms with Crippen molar-refractivity contribution in [1.82, 2.24) is 5.32 Å². The largest absolute Gasteiger partial charge is 0.398 e. The van der Waals surface area contributed by atoms with Gasteiger partial charge in [-0.25, -0.2) is 0 Å². The summed E-state index contributed by atoms with van der Waals surface area (Å²) in [7, 11) is 0. The Bertz CT molecular complexity index is 337. The average Bonchev–Trinajstić information content (AvgIpc) is 2.15. The van der Waals surface area contributed by atoms with E-state index in [1.54, 1.807) is 17.8 Å². The number of carbonyl (C=O) groups is 1. The zero-order valence-corrected chi connectivity index (χ0v) is 9.99. The highest BCUT2D eigenvalue weighted by Crippen LogP contribution is 2.31. The maximum absolute atomic E-state index is 10.6. The Hall–Kier alpha value is -0.870. The number of halogens is 1. The minimum absolute atomic E-state index is 0.0252. The fourth-order valence-corrected chi connectivity index (χ4v) is 2.25. The molecule has 0 aromatic heterocycles. The first-order valence-corrected chi connectivity index (χ1v) is 5.89. The first kappa shape index (κ1) is 12.2. The van der Waals surface area contributed by atoms with Gasteiger partial charge in [-0.05, 0) is 12.1 Å². The predicted molar refractivity (Wildman–Crippen MR) is 65.3 cm³/mol. The molecule has 1 amide bonds. The number of nitrogens with two attached hydrogens (primary N) is 1. The van der Waals surface area contributed by atoms with E-state index < -0.39 is 0 Å². The molecule has 1 rings (SSSR count). The first-order chi connectivity index (χ1) is 7.11. The van der Waals surface area contributed by atoms with Crippen molar-refractivity contribution >= 4 is 35.0 Å². The molecule has 15 heavy (non-hydrogen) atoms. The predicted octanol–water partition coefficient (Wildman–Crippen LogP) is 2.15. The van der Waals surface area contributed by atoms with Crippen LogP contribution < -0.4 is 11.1 Å². The summed E-state index contributed by atoms with van der Waals surface area (Å²) in [6.45, 7) is 2.11. The van der Waals surface area contributed by atoms with E-state index in [4.69, 9.17) is 17.3 Å². The fraction of sp³-hybridized carbons (Fsp3) is 0.300. The van der Waals surface area contributed by atoms with Crippen LogP contribution in [-0.2, 0) is 4.79 Å². The van der Waals surface area contributed by atoms with Gasteiger partial charge in [0.05, 0.1) is 5.02 Å². The molecule has 0 saturated carbocycles.